The molecule has 6 nitrogen and oxygen atoms in total. The molecule has 2 aromatic carbocycles. The molecule has 0 aliphatic rings. The fourth-order valence-corrected chi connectivity index (χ4v) is 2.58. The molecule has 0 atom stereocenters. The van der Waals surface area contributed by atoms with Crippen LogP contribution in [0.5, 0.6) is 5.75 Å². The average molecular weight is 420 g/mol. The van der Waals surface area contributed by atoms with Gasteiger partial charge in [0.05, 0.1) is 22.8 Å². The van der Waals surface area contributed by atoms with Gasteiger partial charge in [-0.1, -0.05) is 49.7 Å². The molecule has 0 saturated carbocycles. The number of hydrazine groups is 1. The lowest BCUT2D eigenvalue weighted by Crippen LogP contribution is -2.48. The van der Waals surface area contributed by atoms with Crippen LogP contribution < -0.4 is 20.9 Å². The van der Waals surface area contributed by atoms with Gasteiger partial charge >= 0.3 is 0 Å². The SMILES string of the molecule is CC(C)CCOc1ccccc1C(=O)NC(=S)NNC(=O)c1ccccc1Cl. The zero-order valence-electron chi connectivity index (χ0n) is 15.6. The van der Waals surface area contributed by atoms with E-state index in [1.165, 1.54) is 0 Å². The highest BCUT2D eigenvalue weighted by atomic mass is 35.5. The van der Waals surface area contributed by atoms with Crippen LogP contribution in [0.4, 0.5) is 0 Å². The number of ether oxygens (including phenoxy) is 1. The second kappa shape index (κ2) is 10.6. The summed E-state index contributed by atoms with van der Waals surface area (Å²) < 4.78 is 5.71. The minimum atomic E-state index is -0.473. The zero-order chi connectivity index (χ0) is 20.5. The molecule has 148 valence electrons. The Morgan fingerprint density at radius 3 is 2.32 bits per heavy atom. The van der Waals surface area contributed by atoms with Gasteiger partial charge in [-0.05, 0) is 48.8 Å². The lowest BCUT2D eigenvalue weighted by Gasteiger charge is -2.14. The summed E-state index contributed by atoms with van der Waals surface area (Å²) in [6.45, 7) is 4.71. The van der Waals surface area contributed by atoms with E-state index in [2.05, 4.69) is 30.0 Å². The second-order valence-corrected chi connectivity index (χ2v) is 7.18. The zero-order valence-corrected chi connectivity index (χ0v) is 17.2. The highest BCUT2D eigenvalue weighted by Gasteiger charge is 2.15. The normalized spacial score (nSPS) is 10.3. The van der Waals surface area contributed by atoms with Gasteiger partial charge in [-0.25, -0.2) is 0 Å². The lowest BCUT2D eigenvalue weighted by molar-refractivity contribution is 0.0933. The maximum absolute atomic E-state index is 12.5. The van der Waals surface area contributed by atoms with E-state index in [0.717, 1.165) is 6.42 Å². The molecular formula is C20H22ClN3O3S. The molecule has 0 spiro atoms. The fourth-order valence-electron chi connectivity index (χ4n) is 2.21. The standard InChI is InChI=1S/C20H22ClN3O3S/c1-13(2)11-12-27-17-10-6-4-8-15(17)18(25)22-20(28)24-23-19(26)14-7-3-5-9-16(14)21/h3-10,13H,11-12H2,1-2H3,(H,23,26)(H2,22,24,25,28). The Hall–Kier alpha value is -2.64. The number of carbonyl (C=O) groups is 2. The predicted octanol–water partition coefficient (Wildman–Crippen LogP) is 3.71. The first-order chi connectivity index (χ1) is 13.4. The van der Waals surface area contributed by atoms with Crippen molar-refractivity contribution in [3.8, 4) is 5.75 Å². The number of thiocarbonyl (C=S) groups is 1. The Bertz CT molecular complexity index is 858. The number of nitrogens with one attached hydrogen (secondary N) is 3. The Morgan fingerprint density at radius 1 is 1.00 bits per heavy atom. The smallest absolute Gasteiger partial charge is 0.271 e. The quantitative estimate of drug-likeness (QED) is 0.491. The van der Waals surface area contributed by atoms with Crippen LogP contribution in [0.1, 0.15) is 41.0 Å². The maximum atomic E-state index is 12.5. The van der Waals surface area contributed by atoms with Gasteiger partial charge in [0.15, 0.2) is 5.11 Å². The summed E-state index contributed by atoms with van der Waals surface area (Å²) in [5.41, 5.74) is 5.53. The number of hydrogen-bond donors (Lipinski definition) is 3. The van der Waals surface area contributed by atoms with Crippen molar-refractivity contribution in [2.45, 2.75) is 20.3 Å². The highest BCUT2D eigenvalue weighted by Crippen LogP contribution is 2.18. The molecule has 0 heterocycles. The van der Waals surface area contributed by atoms with Crippen LogP contribution in [-0.4, -0.2) is 23.5 Å². The Morgan fingerprint density at radius 2 is 1.64 bits per heavy atom. The third kappa shape index (κ3) is 6.51. The van der Waals surface area contributed by atoms with Crippen molar-refractivity contribution < 1.29 is 14.3 Å². The van der Waals surface area contributed by atoms with Crippen molar-refractivity contribution in [3.05, 3.63) is 64.7 Å². The van der Waals surface area contributed by atoms with Crippen LogP contribution in [0, 0.1) is 5.92 Å². The molecule has 2 aromatic rings. The largest absolute Gasteiger partial charge is 0.493 e. The molecule has 0 saturated heterocycles. The maximum Gasteiger partial charge on any atom is 0.271 e. The molecule has 2 rings (SSSR count). The number of rotatable bonds is 6. The second-order valence-electron chi connectivity index (χ2n) is 6.37. The third-order valence-electron chi connectivity index (χ3n) is 3.72. The third-order valence-corrected chi connectivity index (χ3v) is 4.25. The van der Waals surface area contributed by atoms with Crippen LogP contribution in [-0.2, 0) is 0 Å². The number of benzene rings is 2. The van der Waals surface area contributed by atoms with Crippen molar-refractivity contribution in [2.24, 2.45) is 5.92 Å². The average Bonchev–Trinajstić information content (AvgIpc) is 2.66. The summed E-state index contributed by atoms with van der Waals surface area (Å²) in [6.07, 6.45) is 0.879. The molecule has 0 bridgehead atoms. The van der Waals surface area contributed by atoms with Crippen LogP contribution >= 0.6 is 23.8 Å². The molecule has 0 aliphatic carbocycles. The van der Waals surface area contributed by atoms with E-state index in [9.17, 15) is 9.59 Å². The molecule has 28 heavy (non-hydrogen) atoms. The fraction of sp³-hybridized carbons (Fsp3) is 0.250. The molecule has 0 aliphatic heterocycles. The number of amides is 2. The molecule has 0 aromatic heterocycles. The van der Waals surface area contributed by atoms with Gasteiger partial charge in [0.2, 0.25) is 0 Å². The highest BCUT2D eigenvalue weighted by molar-refractivity contribution is 7.80. The number of para-hydroxylation sites is 1. The van der Waals surface area contributed by atoms with Gasteiger partial charge < -0.3 is 4.74 Å². The Labute approximate surface area is 174 Å². The summed E-state index contributed by atoms with van der Waals surface area (Å²) in [5, 5.41) is 2.77. The summed E-state index contributed by atoms with van der Waals surface area (Å²) >= 11 is 11.0. The van der Waals surface area contributed by atoms with E-state index >= 15 is 0 Å². The monoisotopic (exact) mass is 419 g/mol. The molecule has 2 amide bonds. The van der Waals surface area contributed by atoms with E-state index in [1.54, 1.807) is 48.5 Å². The first kappa shape index (κ1) is 21.7. The topological polar surface area (TPSA) is 79.5 Å². The van der Waals surface area contributed by atoms with E-state index in [0.29, 0.717) is 28.9 Å². The predicted molar refractivity (Wildman–Crippen MR) is 114 cm³/mol. The number of halogens is 1. The Kier molecular flexibility index (Phi) is 8.22. The van der Waals surface area contributed by atoms with Crippen LogP contribution in [0.15, 0.2) is 48.5 Å². The Balaban J connectivity index is 1.91. The van der Waals surface area contributed by atoms with Gasteiger partial charge in [0, 0.05) is 0 Å². The minimum absolute atomic E-state index is 0.0533. The van der Waals surface area contributed by atoms with Gasteiger partial charge in [-0.2, -0.15) is 0 Å². The van der Waals surface area contributed by atoms with Crippen LogP contribution in [0.2, 0.25) is 5.02 Å². The first-order valence-corrected chi connectivity index (χ1v) is 9.55. The molecular weight excluding hydrogens is 398 g/mol. The summed E-state index contributed by atoms with van der Waals surface area (Å²) in [4.78, 5) is 24.6. The number of hydrogen-bond acceptors (Lipinski definition) is 4. The van der Waals surface area contributed by atoms with Crippen molar-refractivity contribution in [1.29, 1.82) is 0 Å². The molecule has 3 N–H and O–H groups in total. The van der Waals surface area contributed by atoms with Crippen LogP contribution in [0.25, 0.3) is 0 Å². The van der Waals surface area contributed by atoms with Gasteiger partial charge in [-0.15, -0.1) is 0 Å². The van der Waals surface area contributed by atoms with Crippen molar-refractivity contribution >= 4 is 40.7 Å². The molecule has 8 heteroatoms. The number of carbonyl (C=O) groups excluding carboxylic acids is 2. The van der Waals surface area contributed by atoms with E-state index < -0.39 is 11.8 Å². The molecule has 0 fully saturated rings. The summed E-state index contributed by atoms with van der Waals surface area (Å²) in [5.74, 6) is 0.0623. The van der Waals surface area contributed by atoms with Gasteiger partial charge in [0.1, 0.15) is 5.75 Å². The van der Waals surface area contributed by atoms with Crippen molar-refractivity contribution in [3.63, 3.8) is 0 Å². The minimum Gasteiger partial charge on any atom is -0.493 e. The van der Waals surface area contributed by atoms with Crippen molar-refractivity contribution in [1.82, 2.24) is 16.2 Å². The molecule has 0 radical (unpaired) electrons. The summed E-state index contributed by atoms with van der Waals surface area (Å²) in [6, 6.07) is 13.5. The van der Waals surface area contributed by atoms with E-state index in [1.807, 2.05) is 0 Å². The van der Waals surface area contributed by atoms with Gasteiger partial charge in [-0.3, -0.25) is 25.8 Å². The summed E-state index contributed by atoms with van der Waals surface area (Å²) in [7, 11) is 0. The van der Waals surface area contributed by atoms with Crippen LogP contribution in [0.3, 0.4) is 0 Å². The first-order valence-electron chi connectivity index (χ1n) is 8.76. The van der Waals surface area contributed by atoms with E-state index in [-0.39, 0.29) is 10.7 Å². The van der Waals surface area contributed by atoms with Crippen molar-refractivity contribution in [2.75, 3.05) is 6.61 Å². The molecule has 0 unspecified atom stereocenters. The lowest BCUT2D eigenvalue weighted by atomic mass is 10.1. The van der Waals surface area contributed by atoms with Gasteiger partial charge in [0.25, 0.3) is 11.8 Å². The van der Waals surface area contributed by atoms with E-state index in [4.69, 9.17) is 28.6 Å².